The zero-order chi connectivity index (χ0) is 18.1. The van der Waals surface area contributed by atoms with Gasteiger partial charge in [-0.15, -0.1) is 0 Å². The topological polar surface area (TPSA) is 63.8 Å². The molecule has 0 radical (unpaired) electrons. The summed E-state index contributed by atoms with van der Waals surface area (Å²) < 4.78 is 34.5. The number of rotatable bonds is 5. The molecule has 0 atom stereocenters. The van der Waals surface area contributed by atoms with Crippen LogP contribution in [0, 0.1) is 18.6 Å². The third kappa shape index (κ3) is 3.05. The number of hydrogen-bond acceptors (Lipinski definition) is 3. The second-order valence-electron chi connectivity index (χ2n) is 5.63. The minimum atomic E-state index is -1.10. The Bertz CT molecular complexity index is 946. The first-order valence-corrected chi connectivity index (χ1v) is 7.73. The molecule has 130 valence electrons. The van der Waals surface area contributed by atoms with Gasteiger partial charge in [0.05, 0.1) is 11.3 Å². The van der Waals surface area contributed by atoms with E-state index in [1.807, 2.05) is 0 Å². The summed E-state index contributed by atoms with van der Waals surface area (Å²) in [5.41, 5.74) is 1.32. The van der Waals surface area contributed by atoms with E-state index >= 15 is 0 Å². The molecule has 25 heavy (non-hydrogen) atoms. The molecule has 0 fully saturated rings. The molecular weight excluding hydrogens is 330 g/mol. The van der Waals surface area contributed by atoms with Crippen LogP contribution >= 0.6 is 0 Å². The number of aromatic carboxylic acids is 1. The largest absolute Gasteiger partial charge is 0.485 e. The number of carbonyl (C=O) groups is 1. The molecule has 5 nitrogen and oxygen atoms in total. The molecule has 0 bridgehead atoms. The monoisotopic (exact) mass is 346 g/mol. The summed E-state index contributed by atoms with van der Waals surface area (Å²) in [7, 11) is 0. The summed E-state index contributed by atoms with van der Waals surface area (Å²) in [5, 5.41) is 9.45. The Balaban J connectivity index is 2.06. The Morgan fingerprint density at radius 3 is 2.60 bits per heavy atom. The van der Waals surface area contributed by atoms with E-state index in [-0.39, 0.29) is 23.6 Å². The molecule has 0 amide bonds. The molecule has 3 aromatic rings. The summed E-state index contributed by atoms with van der Waals surface area (Å²) in [6, 6.07) is 5.24. The summed E-state index contributed by atoms with van der Waals surface area (Å²) in [5.74, 6) is -2.23. The zero-order valence-corrected chi connectivity index (χ0v) is 13.7. The van der Waals surface area contributed by atoms with Gasteiger partial charge in [-0.05, 0) is 37.1 Å². The fraction of sp³-hybridized carbons (Fsp3) is 0.222. The van der Waals surface area contributed by atoms with Crippen molar-refractivity contribution in [1.82, 2.24) is 9.38 Å². The Morgan fingerprint density at radius 2 is 2.00 bits per heavy atom. The fourth-order valence-corrected chi connectivity index (χ4v) is 2.69. The number of pyridine rings is 1. The fourth-order valence-electron chi connectivity index (χ4n) is 2.69. The van der Waals surface area contributed by atoms with E-state index < -0.39 is 17.6 Å². The summed E-state index contributed by atoms with van der Waals surface area (Å²) in [6.07, 6.45) is 2.07. The molecule has 0 aliphatic heterocycles. The maximum Gasteiger partial charge on any atom is 0.354 e. The molecule has 0 aliphatic rings. The zero-order valence-electron chi connectivity index (χ0n) is 13.7. The first kappa shape index (κ1) is 16.9. The lowest BCUT2D eigenvalue weighted by molar-refractivity contribution is 0.0688. The molecule has 1 N–H and O–H groups in total. The number of carboxylic acid groups (broad SMARTS) is 1. The van der Waals surface area contributed by atoms with E-state index in [1.165, 1.54) is 10.5 Å². The number of hydrogen-bond donors (Lipinski definition) is 1. The van der Waals surface area contributed by atoms with Crippen LogP contribution in [0.4, 0.5) is 8.78 Å². The third-order valence-corrected chi connectivity index (χ3v) is 3.87. The van der Waals surface area contributed by atoms with E-state index in [0.717, 1.165) is 17.7 Å². The number of benzene rings is 1. The lowest BCUT2D eigenvalue weighted by Gasteiger charge is -2.10. The van der Waals surface area contributed by atoms with Crippen LogP contribution in [0.15, 0.2) is 30.5 Å². The summed E-state index contributed by atoms with van der Waals surface area (Å²) in [4.78, 5) is 15.9. The van der Waals surface area contributed by atoms with Crippen LogP contribution in [0.5, 0.6) is 5.75 Å². The molecule has 0 aliphatic carbocycles. The number of aromatic nitrogens is 2. The smallest absolute Gasteiger partial charge is 0.354 e. The molecular formula is C18H16F2N2O3. The molecule has 3 rings (SSSR count). The highest BCUT2D eigenvalue weighted by Crippen LogP contribution is 2.26. The Hall–Kier alpha value is -2.96. The van der Waals surface area contributed by atoms with Gasteiger partial charge in [-0.3, -0.25) is 4.40 Å². The van der Waals surface area contributed by atoms with E-state index in [1.54, 1.807) is 26.1 Å². The van der Waals surface area contributed by atoms with Crippen LogP contribution < -0.4 is 4.74 Å². The maximum atomic E-state index is 13.8. The first-order valence-electron chi connectivity index (χ1n) is 7.73. The first-order chi connectivity index (χ1) is 11.9. The van der Waals surface area contributed by atoms with Gasteiger partial charge in [-0.1, -0.05) is 13.0 Å². The van der Waals surface area contributed by atoms with E-state index in [0.29, 0.717) is 17.8 Å². The second-order valence-corrected chi connectivity index (χ2v) is 5.63. The minimum Gasteiger partial charge on any atom is -0.485 e. The van der Waals surface area contributed by atoms with Crippen molar-refractivity contribution in [2.45, 2.75) is 26.9 Å². The molecule has 0 spiro atoms. The number of ether oxygens (including phenoxy) is 1. The number of imidazole rings is 1. The highest BCUT2D eigenvalue weighted by Gasteiger charge is 2.20. The maximum absolute atomic E-state index is 13.8. The third-order valence-electron chi connectivity index (χ3n) is 3.87. The van der Waals surface area contributed by atoms with Crippen molar-refractivity contribution in [2.24, 2.45) is 0 Å². The van der Waals surface area contributed by atoms with E-state index in [9.17, 15) is 18.7 Å². The van der Waals surface area contributed by atoms with Gasteiger partial charge >= 0.3 is 5.97 Å². The van der Waals surface area contributed by atoms with Crippen LogP contribution in [0.2, 0.25) is 0 Å². The molecule has 0 unspecified atom stereocenters. The van der Waals surface area contributed by atoms with Gasteiger partial charge in [0.2, 0.25) is 0 Å². The van der Waals surface area contributed by atoms with Crippen LogP contribution in [-0.4, -0.2) is 20.5 Å². The van der Waals surface area contributed by atoms with Crippen LogP contribution in [-0.2, 0) is 13.0 Å². The van der Waals surface area contributed by atoms with Crippen LogP contribution in [0.1, 0.15) is 34.2 Å². The van der Waals surface area contributed by atoms with Crippen LogP contribution in [0.3, 0.4) is 0 Å². The number of fused-ring (bicyclic) bond motifs is 1. The van der Waals surface area contributed by atoms with Gasteiger partial charge in [0.15, 0.2) is 17.1 Å². The van der Waals surface area contributed by atoms with Crippen molar-refractivity contribution in [1.29, 1.82) is 0 Å². The number of nitrogens with zero attached hydrogens (tertiary/aromatic N) is 2. The predicted octanol–water partition coefficient (Wildman–Crippen LogP) is 3.76. The summed E-state index contributed by atoms with van der Waals surface area (Å²) in [6.45, 7) is 3.25. The summed E-state index contributed by atoms with van der Waals surface area (Å²) >= 11 is 0. The lowest BCUT2D eigenvalue weighted by atomic mass is 10.2. The lowest BCUT2D eigenvalue weighted by Crippen LogP contribution is -2.06. The Labute approximate surface area is 142 Å². The predicted molar refractivity (Wildman–Crippen MR) is 87.0 cm³/mol. The van der Waals surface area contributed by atoms with Crippen molar-refractivity contribution in [3.8, 4) is 5.75 Å². The second kappa shape index (κ2) is 6.51. The Kier molecular flexibility index (Phi) is 4.39. The number of aryl methyl sites for hydroxylation is 2. The van der Waals surface area contributed by atoms with Crippen molar-refractivity contribution in [3.05, 3.63) is 64.6 Å². The standard InChI is InChI=1S/C18H16F2N2O3/c1-3-14-16(18(23)24)22-8-10(2)7-15(17(22)21-14)25-9-11-12(19)5-4-6-13(11)20/h4-8H,3,9H2,1-2H3,(H,23,24). The number of carboxylic acids is 1. The van der Waals surface area contributed by atoms with Crippen LogP contribution in [0.25, 0.3) is 5.65 Å². The van der Waals surface area contributed by atoms with Gasteiger partial charge in [-0.2, -0.15) is 0 Å². The molecule has 1 aromatic carbocycles. The molecule has 0 saturated carbocycles. The van der Waals surface area contributed by atoms with Crippen molar-refractivity contribution < 1.29 is 23.4 Å². The minimum absolute atomic E-state index is 0.0584. The normalized spacial score (nSPS) is 11.0. The van der Waals surface area contributed by atoms with E-state index in [4.69, 9.17) is 4.74 Å². The Morgan fingerprint density at radius 1 is 1.32 bits per heavy atom. The van der Waals surface area contributed by atoms with Crippen molar-refractivity contribution >= 4 is 11.6 Å². The average Bonchev–Trinajstić information content (AvgIpc) is 2.92. The quantitative estimate of drug-likeness (QED) is 0.764. The molecule has 2 aromatic heterocycles. The highest BCUT2D eigenvalue weighted by molar-refractivity contribution is 5.89. The average molecular weight is 346 g/mol. The highest BCUT2D eigenvalue weighted by atomic mass is 19.1. The van der Waals surface area contributed by atoms with Crippen molar-refractivity contribution in [3.63, 3.8) is 0 Å². The molecule has 0 saturated heterocycles. The van der Waals surface area contributed by atoms with Crippen molar-refractivity contribution in [2.75, 3.05) is 0 Å². The molecule has 7 heteroatoms. The van der Waals surface area contributed by atoms with Gasteiger partial charge in [0, 0.05) is 6.20 Å². The van der Waals surface area contributed by atoms with Gasteiger partial charge in [0.25, 0.3) is 0 Å². The van der Waals surface area contributed by atoms with E-state index in [2.05, 4.69) is 4.98 Å². The van der Waals surface area contributed by atoms with Gasteiger partial charge in [-0.25, -0.2) is 18.6 Å². The SMILES string of the molecule is CCc1nc2c(OCc3c(F)cccc3F)cc(C)cn2c1C(=O)O. The van der Waals surface area contributed by atoms with Gasteiger partial charge < -0.3 is 9.84 Å². The van der Waals surface area contributed by atoms with Gasteiger partial charge in [0.1, 0.15) is 18.2 Å². The number of halogens is 2. The molecule has 2 heterocycles.